The van der Waals surface area contributed by atoms with E-state index in [9.17, 15) is 13.2 Å². The highest BCUT2D eigenvalue weighted by Crippen LogP contribution is 2.39. The number of halogens is 3. The van der Waals surface area contributed by atoms with E-state index in [0.29, 0.717) is 28.4 Å². The van der Waals surface area contributed by atoms with Crippen LogP contribution in [0.4, 0.5) is 18.9 Å². The summed E-state index contributed by atoms with van der Waals surface area (Å²) in [5.74, 6) is 0.137. The first-order valence-electron chi connectivity index (χ1n) is 9.09. The van der Waals surface area contributed by atoms with Crippen LogP contribution in [0.15, 0.2) is 23.9 Å². The quantitative estimate of drug-likeness (QED) is 0.447. The molecule has 1 heterocycles. The molecule has 0 aliphatic heterocycles. The maximum absolute atomic E-state index is 13.2. The summed E-state index contributed by atoms with van der Waals surface area (Å²) in [5, 5.41) is 15.9. The largest absolute Gasteiger partial charge is 0.431 e. The molecule has 8 heteroatoms. The highest BCUT2D eigenvalue weighted by molar-refractivity contribution is 6.11. The summed E-state index contributed by atoms with van der Waals surface area (Å²) in [4.78, 5) is 4.34. The van der Waals surface area contributed by atoms with Gasteiger partial charge in [0.2, 0.25) is 0 Å². The molecule has 6 N–H and O–H groups in total. The molecule has 1 saturated carbocycles. The second kappa shape index (κ2) is 7.61. The fourth-order valence-corrected chi connectivity index (χ4v) is 3.87. The van der Waals surface area contributed by atoms with Crippen molar-refractivity contribution in [3.8, 4) is 0 Å². The van der Waals surface area contributed by atoms with E-state index in [-0.39, 0.29) is 11.6 Å². The van der Waals surface area contributed by atoms with Crippen LogP contribution in [-0.4, -0.2) is 23.6 Å². The summed E-state index contributed by atoms with van der Waals surface area (Å²) in [6.07, 6.45) is 1.99. The number of nitrogens with zero attached hydrogens (tertiary/aromatic N) is 1. The number of allylic oxidation sites excluding steroid dienone is 2. The lowest BCUT2D eigenvalue weighted by Gasteiger charge is -2.25. The fourth-order valence-electron chi connectivity index (χ4n) is 3.87. The molecule has 2 aromatic rings. The first-order chi connectivity index (χ1) is 13.3. The minimum absolute atomic E-state index is 0.0126. The average Bonchev–Trinajstić information content (AvgIpc) is 2.68. The van der Waals surface area contributed by atoms with Crippen molar-refractivity contribution < 1.29 is 13.2 Å². The molecule has 1 aliphatic carbocycles. The number of nitrogens with one attached hydrogen (secondary N) is 2. The van der Waals surface area contributed by atoms with Crippen LogP contribution in [0.1, 0.15) is 54.8 Å². The molecule has 0 amide bonds. The molecular weight excluding hydrogens is 367 g/mol. The second-order valence-corrected chi connectivity index (χ2v) is 7.01. The molecule has 0 saturated heterocycles. The molecule has 1 fully saturated rings. The van der Waals surface area contributed by atoms with Gasteiger partial charge in [0.15, 0.2) is 0 Å². The second-order valence-electron chi connectivity index (χ2n) is 7.01. The third kappa shape index (κ3) is 3.58. The molecule has 0 spiro atoms. The van der Waals surface area contributed by atoms with Crippen LogP contribution >= 0.6 is 0 Å². The standard InChI is InChI=1S/C20H22F3N5/c21-20(22,23)19(27)14(10-25)17-8-12(11-4-2-1-3-5-11)18-13(9-24)15(26)6-7-16(18)28-17/h6-11,24-25H,1-5,26-27H2. The van der Waals surface area contributed by atoms with Gasteiger partial charge in [0.25, 0.3) is 0 Å². The number of benzene rings is 1. The van der Waals surface area contributed by atoms with Gasteiger partial charge in [-0.3, -0.25) is 0 Å². The normalized spacial score (nSPS) is 16.7. The SMILES string of the molecule is N=CC(=C(N)C(F)(F)F)c1cc(C2CCCCC2)c2c(C=N)c(N)ccc2n1. The molecule has 1 aromatic carbocycles. The van der Waals surface area contributed by atoms with Gasteiger partial charge in [-0.15, -0.1) is 0 Å². The molecule has 1 aliphatic rings. The number of alkyl halides is 3. The van der Waals surface area contributed by atoms with Gasteiger partial charge in [0.05, 0.1) is 11.2 Å². The predicted octanol–water partition coefficient (Wildman–Crippen LogP) is 4.74. The number of rotatable bonds is 4. The van der Waals surface area contributed by atoms with E-state index in [4.69, 9.17) is 22.3 Å². The Balaban J connectivity index is 2.34. The summed E-state index contributed by atoms with van der Waals surface area (Å²) >= 11 is 0. The summed E-state index contributed by atoms with van der Waals surface area (Å²) in [7, 11) is 0. The zero-order valence-electron chi connectivity index (χ0n) is 15.2. The van der Waals surface area contributed by atoms with E-state index < -0.39 is 17.4 Å². The number of hydrogen-bond donors (Lipinski definition) is 4. The Morgan fingerprint density at radius 3 is 2.39 bits per heavy atom. The topological polar surface area (TPSA) is 113 Å². The number of anilines is 1. The lowest BCUT2D eigenvalue weighted by Crippen LogP contribution is -2.22. The molecule has 0 radical (unpaired) electrons. The lowest BCUT2D eigenvalue weighted by molar-refractivity contribution is -0.0919. The Bertz CT molecular complexity index is 956. The molecule has 28 heavy (non-hydrogen) atoms. The van der Waals surface area contributed by atoms with Gasteiger partial charge in [0.1, 0.15) is 5.70 Å². The number of nitrogens with two attached hydrogens (primary N) is 2. The van der Waals surface area contributed by atoms with Gasteiger partial charge in [-0.2, -0.15) is 13.2 Å². The van der Waals surface area contributed by atoms with E-state index in [2.05, 4.69) is 4.98 Å². The van der Waals surface area contributed by atoms with E-state index in [1.807, 2.05) is 0 Å². The van der Waals surface area contributed by atoms with E-state index in [1.165, 1.54) is 0 Å². The maximum atomic E-state index is 13.2. The van der Waals surface area contributed by atoms with Crippen molar-refractivity contribution in [1.29, 1.82) is 10.8 Å². The zero-order chi connectivity index (χ0) is 20.5. The van der Waals surface area contributed by atoms with Crippen molar-refractivity contribution in [1.82, 2.24) is 4.98 Å². The summed E-state index contributed by atoms with van der Waals surface area (Å²) in [6, 6.07) is 4.81. The van der Waals surface area contributed by atoms with Crippen molar-refractivity contribution in [2.24, 2.45) is 5.73 Å². The van der Waals surface area contributed by atoms with E-state index in [1.54, 1.807) is 18.2 Å². The zero-order valence-corrected chi connectivity index (χ0v) is 15.2. The third-order valence-electron chi connectivity index (χ3n) is 5.28. The Morgan fingerprint density at radius 2 is 1.82 bits per heavy atom. The summed E-state index contributed by atoms with van der Waals surface area (Å²) in [5.41, 5.74) is 11.7. The van der Waals surface area contributed by atoms with Gasteiger partial charge in [0, 0.05) is 34.6 Å². The van der Waals surface area contributed by atoms with E-state index >= 15 is 0 Å². The van der Waals surface area contributed by atoms with Crippen LogP contribution in [0.2, 0.25) is 0 Å². The molecule has 148 valence electrons. The van der Waals surface area contributed by atoms with Gasteiger partial charge in [-0.1, -0.05) is 19.3 Å². The van der Waals surface area contributed by atoms with Crippen LogP contribution in [0.5, 0.6) is 0 Å². The maximum Gasteiger partial charge on any atom is 0.431 e. The van der Waals surface area contributed by atoms with Gasteiger partial charge < -0.3 is 22.3 Å². The summed E-state index contributed by atoms with van der Waals surface area (Å²) in [6.45, 7) is 0. The molecule has 0 bridgehead atoms. The first kappa shape index (κ1) is 19.9. The van der Waals surface area contributed by atoms with Crippen LogP contribution in [0.3, 0.4) is 0 Å². The molecule has 0 atom stereocenters. The van der Waals surface area contributed by atoms with Gasteiger partial charge in [-0.25, -0.2) is 4.98 Å². The predicted molar refractivity (Wildman–Crippen MR) is 106 cm³/mol. The fraction of sp³-hybridized carbons (Fsp3) is 0.350. The van der Waals surface area contributed by atoms with Crippen molar-refractivity contribution in [3.05, 3.63) is 40.7 Å². The van der Waals surface area contributed by atoms with Crippen molar-refractivity contribution >= 4 is 34.6 Å². The summed E-state index contributed by atoms with van der Waals surface area (Å²) < 4.78 is 39.5. The molecule has 0 unspecified atom stereocenters. The van der Waals surface area contributed by atoms with Gasteiger partial charge in [-0.05, 0) is 42.5 Å². The van der Waals surface area contributed by atoms with Crippen LogP contribution < -0.4 is 11.5 Å². The molecule has 1 aromatic heterocycles. The van der Waals surface area contributed by atoms with Gasteiger partial charge >= 0.3 is 6.18 Å². The van der Waals surface area contributed by atoms with Crippen molar-refractivity contribution in [3.63, 3.8) is 0 Å². The Labute approximate surface area is 160 Å². The van der Waals surface area contributed by atoms with Crippen molar-refractivity contribution in [2.45, 2.75) is 44.2 Å². The van der Waals surface area contributed by atoms with Crippen molar-refractivity contribution in [2.75, 3.05) is 5.73 Å². The lowest BCUT2D eigenvalue weighted by atomic mass is 9.81. The number of hydrogen-bond acceptors (Lipinski definition) is 5. The number of nitrogen functional groups attached to an aromatic ring is 1. The monoisotopic (exact) mass is 389 g/mol. The van der Waals surface area contributed by atoms with Crippen LogP contribution in [0.25, 0.3) is 16.5 Å². The number of fused-ring (bicyclic) bond motifs is 1. The Kier molecular flexibility index (Phi) is 5.40. The Hall–Kier alpha value is -2.90. The minimum atomic E-state index is -4.75. The average molecular weight is 389 g/mol. The number of pyridine rings is 1. The minimum Gasteiger partial charge on any atom is -0.398 e. The smallest absolute Gasteiger partial charge is 0.398 e. The van der Waals surface area contributed by atoms with E-state index in [0.717, 1.165) is 43.9 Å². The van der Waals surface area contributed by atoms with Crippen LogP contribution in [-0.2, 0) is 0 Å². The third-order valence-corrected chi connectivity index (χ3v) is 5.28. The highest BCUT2D eigenvalue weighted by atomic mass is 19.4. The van der Waals surface area contributed by atoms with Crippen LogP contribution in [0, 0.1) is 10.8 Å². The molecule has 5 nitrogen and oxygen atoms in total. The number of aromatic nitrogens is 1. The highest BCUT2D eigenvalue weighted by Gasteiger charge is 2.35. The molecular formula is C20H22F3N5. The Morgan fingerprint density at radius 1 is 1.14 bits per heavy atom. The molecule has 3 rings (SSSR count). The first-order valence-corrected chi connectivity index (χ1v) is 9.09.